The quantitative estimate of drug-likeness (QED) is 0.587. The van der Waals surface area contributed by atoms with Gasteiger partial charge in [0, 0.05) is 12.8 Å². The number of thioether (sulfide) groups is 1. The van der Waals surface area contributed by atoms with Crippen molar-refractivity contribution < 1.29 is 4.79 Å². The van der Waals surface area contributed by atoms with Crippen LogP contribution in [0.2, 0.25) is 0 Å². The first kappa shape index (κ1) is 19.4. The van der Waals surface area contributed by atoms with E-state index in [9.17, 15) is 10.1 Å². The zero-order valence-corrected chi connectivity index (χ0v) is 16.3. The van der Waals surface area contributed by atoms with E-state index in [2.05, 4.69) is 20.6 Å². The normalized spacial score (nSPS) is 11.8. The molecule has 0 fully saturated rings. The van der Waals surface area contributed by atoms with E-state index < -0.39 is 6.04 Å². The van der Waals surface area contributed by atoms with E-state index in [0.29, 0.717) is 28.7 Å². The second kappa shape index (κ2) is 8.58. The standard InChI is InChI=1S/C18H20N8OS/c1-3-14(16(27)22-15-13(9-19)10-21-25(15)2)26-17(20)23-24-18(26)28-11-12-7-5-4-6-8-12/h4-8,10,14H,3,11H2,1-2H3,(H2,20,23)(H,22,27). The molecule has 3 N–H and O–H groups in total. The summed E-state index contributed by atoms with van der Waals surface area (Å²) in [5.74, 6) is 0.881. The van der Waals surface area contributed by atoms with Crippen LogP contribution in [0.25, 0.3) is 0 Å². The highest BCUT2D eigenvalue weighted by Crippen LogP contribution is 2.28. The number of carbonyl (C=O) groups is 1. The van der Waals surface area contributed by atoms with Crippen LogP contribution in [-0.4, -0.2) is 30.5 Å². The zero-order chi connectivity index (χ0) is 20.1. The number of anilines is 2. The van der Waals surface area contributed by atoms with Gasteiger partial charge in [-0.05, 0) is 12.0 Å². The van der Waals surface area contributed by atoms with Gasteiger partial charge in [-0.3, -0.25) is 14.0 Å². The van der Waals surface area contributed by atoms with Gasteiger partial charge in [0.15, 0.2) is 5.16 Å². The first-order valence-corrected chi connectivity index (χ1v) is 9.63. The summed E-state index contributed by atoms with van der Waals surface area (Å²) in [7, 11) is 1.66. The van der Waals surface area contributed by atoms with Crippen molar-refractivity contribution in [3.63, 3.8) is 0 Å². The van der Waals surface area contributed by atoms with Gasteiger partial charge in [0.25, 0.3) is 0 Å². The molecular weight excluding hydrogens is 376 g/mol. The van der Waals surface area contributed by atoms with Gasteiger partial charge in [0.2, 0.25) is 11.9 Å². The van der Waals surface area contributed by atoms with Crippen LogP contribution in [0.4, 0.5) is 11.8 Å². The van der Waals surface area contributed by atoms with Crippen molar-refractivity contribution in [1.29, 1.82) is 5.26 Å². The predicted octanol–water partition coefficient (Wildman–Crippen LogP) is 2.35. The molecule has 28 heavy (non-hydrogen) atoms. The Labute approximate surface area is 166 Å². The third kappa shape index (κ3) is 3.99. The maximum absolute atomic E-state index is 12.9. The minimum Gasteiger partial charge on any atom is -0.368 e. The number of hydrogen-bond acceptors (Lipinski definition) is 7. The minimum absolute atomic E-state index is 0.170. The number of rotatable bonds is 7. The molecule has 1 unspecified atom stereocenters. The Morgan fingerprint density at radius 3 is 2.79 bits per heavy atom. The molecule has 0 spiro atoms. The Bertz CT molecular complexity index is 1000. The van der Waals surface area contributed by atoms with Gasteiger partial charge in [-0.1, -0.05) is 49.0 Å². The van der Waals surface area contributed by atoms with Crippen molar-refractivity contribution in [1.82, 2.24) is 24.5 Å². The Balaban J connectivity index is 1.82. The molecule has 0 aliphatic carbocycles. The fraction of sp³-hybridized carbons (Fsp3) is 0.278. The van der Waals surface area contributed by atoms with E-state index in [-0.39, 0.29) is 11.9 Å². The van der Waals surface area contributed by atoms with Crippen molar-refractivity contribution in [3.05, 3.63) is 47.7 Å². The van der Waals surface area contributed by atoms with Gasteiger partial charge in [0.05, 0.1) is 6.20 Å². The first-order valence-electron chi connectivity index (χ1n) is 8.65. The van der Waals surface area contributed by atoms with Crippen molar-refractivity contribution in [2.75, 3.05) is 11.1 Å². The van der Waals surface area contributed by atoms with E-state index in [0.717, 1.165) is 5.56 Å². The van der Waals surface area contributed by atoms with Crippen molar-refractivity contribution >= 4 is 29.4 Å². The Kier molecular flexibility index (Phi) is 5.96. The highest BCUT2D eigenvalue weighted by atomic mass is 32.2. The lowest BCUT2D eigenvalue weighted by Crippen LogP contribution is -2.28. The van der Waals surface area contributed by atoms with E-state index in [1.54, 1.807) is 11.6 Å². The van der Waals surface area contributed by atoms with Crippen LogP contribution in [0, 0.1) is 11.3 Å². The number of amides is 1. The number of hydrogen-bond donors (Lipinski definition) is 2. The lowest BCUT2D eigenvalue weighted by molar-refractivity contribution is -0.119. The molecule has 0 radical (unpaired) electrons. The molecular formula is C18H20N8OS. The molecule has 2 aromatic heterocycles. The lowest BCUT2D eigenvalue weighted by atomic mass is 10.2. The summed E-state index contributed by atoms with van der Waals surface area (Å²) in [6.07, 6.45) is 1.89. The van der Waals surface area contributed by atoms with Crippen LogP contribution in [-0.2, 0) is 17.6 Å². The molecule has 3 rings (SSSR count). The number of benzene rings is 1. The topological polar surface area (TPSA) is 127 Å². The number of carbonyl (C=O) groups excluding carboxylic acids is 1. The largest absolute Gasteiger partial charge is 0.368 e. The second-order valence-electron chi connectivity index (χ2n) is 6.04. The molecule has 1 atom stereocenters. The maximum atomic E-state index is 12.9. The average molecular weight is 396 g/mol. The molecule has 3 aromatic rings. The molecule has 0 aliphatic heterocycles. The number of nitriles is 1. The van der Waals surface area contributed by atoms with Crippen LogP contribution in [0.15, 0.2) is 41.7 Å². The van der Waals surface area contributed by atoms with Crippen LogP contribution in [0.5, 0.6) is 0 Å². The molecule has 0 bridgehead atoms. The molecule has 1 aromatic carbocycles. The monoisotopic (exact) mass is 396 g/mol. The third-order valence-electron chi connectivity index (χ3n) is 4.20. The summed E-state index contributed by atoms with van der Waals surface area (Å²) in [4.78, 5) is 12.9. The van der Waals surface area contributed by atoms with Crippen LogP contribution in [0.3, 0.4) is 0 Å². The molecule has 10 heteroatoms. The number of nitrogen functional groups attached to an aromatic ring is 1. The summed E-state index contributed by atoms with van der Waals surface area (Å²) in [6, 6.07) is 11.3. The van der Waals surface area contributed by atoms with Gasteiger partial charge in [-0.25, -0.2) is 0 Å². The van der Waals surface area contributed by atoms with E-state index in [1.807, 2.05) is 43.3 Å². The number of aromatic nitrogens is 5. The molecule has 1 amide bonds. The Morgan fingerprint density at radius 1 is 1.36 bits per heavy atom. The fourth-order valence-electron chi connectivity index (χ4n) is 2.75. The van der Waals surface area contributed by atoms with Gasteiger partial charge >= 0.3 is 0 Å². The summed E-state index contributed by atoms with van der Waals surface area (Å²) in [5.41, 5.74) is 7.43. The Hall–Kier alpha value is -3.32. The van der Waals surface area contributed by atoms with Crippen molar-refractivity contribution in [3.8, 4) is 6.07 Å². The fourth-order valence-corrected chi connectivity index (χ4v) is 3.70. The van der Waals surface area contributed by atoms with E-state index in [4.69, 9.17) is 5.73 Å². The smallest absolute Gasteiger partial charge is 0.248 e. The molecule has 9 nitrogen and oxygen atoms in total. The highest BCUT2D eigenvalue weighted by molar-refractivity contribution is 7.98. The van der Waals surface area contributed by atoms with Crippen LogP contribution < -0.4 is 11.1 Å². The lowest BCUT2D eigenvalue weighted by Gasteiger charge is -2.19. The van der Waals surface area contributed by atoms with Crippen LogP contribution in [0.1, 0.15) is 30.5 Å². The van der Waals surface area contributed by atoms with Gasteiger partial charge in [-0.2, -0.15) is 10.4 Å². The summed E-state index contributed by atoms with van der Waals surface area (Å²) in [6.45, 7) is 1.88. The molecule has 0 saturated heterocycles. The van der Waals surface area contributed by atoms with Gasteiger partial charge in [-0.15, -0.1) is 10.2 Å². The molecule has 144 valence electrons. The second-order valence-corrected chi connectivity index (χ2v) is 6.98. The van der Waals surface area contributed by atoms with Crippen molar-refractivity contribution in [2.45, 2.75) is 30.3 Å². The minimum atomic E-state index is -0.616. The average Bonchev–Trinajstić information content (AvgIpc) is 3.25. The first-order chi connectivity index (χ1) is 13.5. The van der Waals surface area contributed by atoms with Gasteiger partial charge < -0.3 is 11.1 Å². The highest BCUT2D eigenvalue weighted by Gasteiger charge is 2.26. The zero-order valence-electron chi connectivity index (χ0n) is 15.5. The SMILES string of the molecule is CCC(C(=O)Nc1c(C#N)cnn1C)n1c(N)nnc1SCc1ccccc1. The predicted molar refractivity (Wildman–Crippen MR) is 106 cm³/mol. The summed E-state index contributed by atoms with van der Waals surface area (Å²) in [5, 5.41) is 24.6. The number of nitrogens with one attached hydrogen (secondary N) is 1. The molecule has 0 aliphatic rings. The Morgan fingerprint density at radius 2 is 2.11 bits per heavy atom. The van der Waals surface area contributed by atoms with Crippen molar-refractivity contribution in [2.24, 2.45) is 7.05 Å². The summed E-state index contributed by atoms with van der Waals surface area (Å²) >= 11 is 1.46. The third-order valence-corrected chi connectivity index (χ3v) is 5.22. The molecule has 2 heterocycles. The van der Waals surface area contributed by atoms with Crippen LogP contribution >= 0.6 is 11.8 Å². The van der Waals surface area contributed by atoms with Gasteiger partial charge in [0.1, 0.15) is 23.5 Å². The number of nitrogens with two attached hydrogens (primary N) is 1. The number of nitrogens with zero attached hydrogens (tertiary/aromatic N) is 6. The maximum Gasteiger partial charge on any atom is 0.248 e. The van der Waals surface area contributed by atoms with E-state index in [1.165, 1.54) is 22.6 Å². The number of aryl methyl sites for hydroxylation is 1. The summed E-state index contributed by atoms with van der Waals surface area (Å²) < 4.78 is 3.08. The van der Waals surface area contributed by atoms with E-state index >= 15 is 0 Å². The molecule has 0 saturated carbocycles.